The van der Waals surface area contributed by atoms with E-state index in [0.717, 1.165) is 33.1 Å². The number of nitrogens with zero attached hydrogens (tertiary/aromatic N) is 2. The van der Waals surface area contributed by atoms with Crippen LogP contribution in [-0.2, 0) is 0 Å². The zero-order valence-electron chi connectivity index (χ0n) is 10.2. The van der Waals surface area contributed by atoms with Gasteiger partial charge in [0.1, 0.15) is 5.52 Å². The first-order chi connectivity index (χ1) is 9.43. The van der Waals surface area contributed by atoms with Crippen LogP contribution in [0.2, 0.25) is 0 Å². The summed E-state index contributed by atoms with van der Waals surface area (Å²) in [5.74, 6) is 0. The second-order valence-corrected chi connectivity index (χ2v) is 4.50. The maximum atomic E-state index is 4.74. The fourth-order valence-corrected chi connectivity index (χ4v) is 2.47. The minimum absolute atomic E-state index is 0.901. The molecular weight excluding hydrogens is 234 g/mol. The van der Waals surface area contributed by atoms with Crippen molar-refractivity contribution in [1.82, 2.24) is 15.2 Å². The van der Waals surface area contributed by atoms with Gasteiger partial charge in [0.25, 0.3) is 0 Å². The van der Waals surface area contributed by atoms with E-state index in [1.807, 2.05) is 30.3 Å². The van der Waals surface area contributed by atoms with Crippen LogP contribution in [0, 0.1) is 0 Å². The van der Waals surface area contributed by atoms with Crippen molar-refractivity contribution in [2.45, 2.75) is 0 Å². The van der Waals surface area contributed by atoms with Crippen LogP contribution in [0.4, 0.5) is 0 Å². The molecule has 0 fully saturated rings. The molecule has 0 unspecified atom stereocenters. The Morgan fingerprint density at radius 1 is 0.789 bits per heavy atom. The third-order valence-electron chi connectivity index (χ3n) is 3.35. The van der Waals surface area contributed by atoms with Gasteiger partial charge in [0.2, 0.25) is 0 Å². The van der Waals surface area contributed by atoms with Gasteiger partial charge in [-0.25, -0.2) is 4.98 Å². The molecule has 0 radical (unpaired) electrons. The van der Waals surface area contributed by atoms with Gasteiger partial charge in [-0.05, 0) is 0 Å². The van der Waals surface area contributed by atoms with Crippen LogP contribution in [-0.4, -0.2) is 15.2 Å². The van der Waals surface area contributed by atoms with Crippen molar-refractivity contribution in [2.24, 2.45) is 0 Å². The molecule has 0 atom stereocenters. The second kappa shape index (κ2) is 3.92. The molecule has 0 bridgehead atoms. The molecule has 2 heterocycles. The molecule has 19 heavy (non-hydrogen) atoms. The van der Waals surface area contributed by atoms with Gasteiger partial charge in [0.15, 0.2) is 0 Å². The van der Waals surface area contributed by atoms with Crippen molar-refractivity contribution in [1.29, 1.82) is 0 Å². The average molecular weight is 245 g/mol. The maximum Gasteiger partial charge on any atom is 0.109 e. The lowest BCUT2D eigenvalue weighted by Gasteiger charge is -2.06. The molecule has 0 aliphatic heterocycles. The van der Waals surface area contributed by atoms with Crippen molar-refractivity contribution >= 4 is 21.8 Å². The number of aromatic amines is 1. The highest BCUT2D eigenvalue weighted by molar-refractivity contribution is 6.08. The number of aromatic nitrogens is 3. The minimum Gasteiger partial charge on any atom is -0.276 e. The van der Waals surface area contributed by atoms with Crippen LogP contribution in [0.1, 0.15) is 0 Å². The lowest BCUT2D eigenvalue weighted by molar-refractivity contribution is 1.12. The summed E-state index contributed by atoms with van der Waals surface area (Å²) in [4.78, 5) is 4.74. The molecule has 3 nitrogen and oxygen atoms in total. The lowest BCUT2D eigenvalue weighted by atomic mass is 10.0. The Labute approximate surface area is 109 Å². The summed E-state index contributed by atoms with van der Waals surface area (Å²) in [5, 5.41) is 9.43. The molecule has 3 heteroatoms. The molecule has 2 aromatic heterocycles. The zero-order valence-corrected chi connectivity index (χ0v) is 10.2. The van der Waals surface area contributed by atoms with E-state index in [1.165, 1.54) is 0 Å². The van der Waals surface area contributed by atoms with Crippen LogP contribution < -0.4 is 0 Å². The molecule has 0 aliphatic carbocycles. The van der Waals surface area contributed by atoms with E-state index in [2.05, 4.69) is 34.5 Å². The Morgan fingerprint density at radius 2 is 1.53 bits per heavy atom. The first-order valence-electron chi connectivity index (χ1n) is 6.21. The molecule has 0 spiro atoms. The maximum absolute atomic E-state index is 4.74. The van der Waals surface area contributed by atoms with Crippen molar-refractivity contribution < 1.29 is 0 Å². The third kappa shape index (κ3) is 1.52. The fourth-order valence-electron chi connectivity index (χ4n) is 2.47. The van der Waals surface area contributed by atoms with E-state index < -0.39 is 0 Å². The summed E-state index contributed by atoms with van der Waals surface area (Å²) < 4.78 is 0. The third-order valence-corrected chi connectivity index (χ3v) is 3.35. The monoisotopic (exact) mass is 245 g/mol. The minimum atomic E-state index is 0.901. The van der Waals surface area contributed by atoms with E-state index in [-0.39, 0.29) is 0 Å². The van der Waals surface area contributed by atoms with Gasteiger partial charge < -0.3 is 0 Å². The summed E-state index contributed by atoms with van der Waals surface area (Å²) in [7, 11) is 0. The zero-order chi connectivity index (χ0) is 12.7. The van der Waals surface area contributed by atoms with Gasteiger partial charge in [-0.15, -0.1) is 0 Å². The number of rotatable bonds is 1. The van der Waals surface area contributed by atoms with E-state index in [4.69, 9.17) is 4.98 Å². The van der Waals surface area contributed by atoms with Gasteiger partial charge in [-0.1, -0.05) is 54.6 Å². The predicted octanol–water partition coefficient (Wildman–Crippen LogP) is 3.78. The Hall–Kier alpha value is -2.68. The van der Waals surface area contributed by atoms with Gasteiger partial charge in [0.05, 0.1) is 17.4 Å². The standard InChI is InChI=1S/C16H11N3/c1-2-6-11(7-3-1)15-12-8-4-5-9-13(12)16-14(18-15)10-17-19-16/h1-10H,(H,17,19). The highest BCUT2D eigenvalue weighted by Crippen LogP contribution is 2.30. The predicted molar refractivity (Wildman–Crippen MR) is 76.8 cm³/mol. The van der Waals surface area contributed by atoms with Crippen molar-refractivity contribution in [3.8, 4) is 11.3 Å². The van der Waals surface area contributed by atoms with Crippen LogP contribution in [0.5, 0.6) is 0 Å². The Kier molecular flexibility index (Phi) is 2.12. The Balaban J connectivity index is 2.19. The lowest BCUT2D eigenvalue weighted by Crippen LogP contribution is -1.87. The van der Waals surface area contributed by atoms with Crippen LogP contribution in [0.25, 0.3) is 33.1 Å². The van der Waals surface area contributed by atoms with E-state index in [9.17, 15) is 0 Å². The molecule has 4 aromatic rings. The highest BCUT2D eigenvalue weighted by atomic mass is 15.1. The topological polar surface area (TPSA) is 41.6 Å². The van der Waals surface area contributed by atoms with Crippen molar-refractivity contribution in [3.63, 3.8) is 0 Å². The fraction of sp³-hybridized carbons (Fsp3) is 0. The second-order valence-electron chi connectivity index (χ2n) is 4.50. The molecule has 0 saturated heterocycles. The molecule has 0 saturated carbocycles. The van der Waals surface area contributed by atoms with E-state index >= 15 is 0 Å². The van der Waals surface area contributed by atoms with Crippen LogP contribution in [0.3, 0.4) is 0 Å². The summed E-state index contributed by atoms with van der Waals surface area (Å²) >= 11 is 0. The smallest absolute Gasteiger partial charge is 0.109 e. The normalized spacial score (nSPS) is 11.2. The number of nitrogens with one attached hydrogen (secondary N) is 1. The van der Waals surface area contributed by atoms with Gasteiger partial charge >= 0.3 is 0 Å². The molecule has 4 rings (SSSR count). The van der Waals surface area contributed by atoms with E-state index in [0.29, 0.717) is 0 Å². The first kappa shape index (κ1) is 10.3. The summed E-state index contributed by atoms with van der Waals surface area (Å²) in [6.07, 6.45) is 1.77. The van der Waals surface area contributed by atoms with Crippen LogP contribution in [0.15, 0.2) is 60.8 Å². The number of hydrogen-bond acceptors (Lipinski definition) is 2. The number of fused-ring (bicyclic) bond motifs is 3. The quantitative estimate of drug-likeness (QED) is 0.554. The molecule has 2 aromatic carbocycles. The van der Waals surface area contributed by atoms with Gasteiger partial charge in [0, 0.05) is 16.3 Å². The van der Waals surface area contributed by atoms with Crippen molar-refractivity contribution in [3.05, 3.63) is 60.8 Å². The SMILES string of the molecule is c1ccc(-c2nc3cn[nH]c3c3ccccc23)cc1. The molecule has 1 N–H and O–H groups in total. The molecule has 90 valence electrons. The number of H-pyrrole nitrogens is 1. The van der Waals surface area contributed by atoms with E-state index in [1.54, 1.807) is 6.20 Å². The molecule has 0 aliphatic rings. The largest absolute Gasteiger partial charge is 0.276 e. The number of benzene rings is 2. The van der Waals surface area contributed by atoms with Gasteiger partial charge in [-0.2, -0.15) is 5.10 Å². The summed E-state index contributed by atoms with van der Waals surface area (Å²) in [6, 6.07) is 18.5. The molecular formula is C16H11N3. The Bertz CT molecular complexity index is 863. The first-order valence-corrected chi connectivity index (χ1v) is 6.21. The number of hydrogen-bond donors (Lipinski definition) is 1. The van der Waals surface area contributed by atoms with Crippen LogP contribution >= 0.6 is 0 Å². The highest BCUT2D eigenvalue weighted by Gasteiger charge is 2.10. The number of pyridine rings is 1. The summed E-state index contributed by atoms with van der Waals surface area (Å²) in [5.41, 5.74) is 4.03. The average Bonchev–Trinajstić information content (AvgIpc) is 2.96. The van der Waals surface area contributed by atoms with Gasteiger partial charge in [-0.3, -0.25) is 5.10 Å². The van der Waals surface area contributed by atoms with Crippen molar-refractivity contribution in [2.75, 3.05) is 0 Å². The molecule has 0 amide bonds. The Morgan fingerprint density at radius 3 is 2.37 bits per heavy atom. The summed E-state index contributed by atoms with van der Waals surface area (Å²) in [6.45, 7) is 0.